The first kappa shape index (κ1) is 22.4. The monoisotopic (exact) mass is 424 g/mol. The quantitative estimate of drug-likeness (QED) is 0.570. The Balaban J connectivity index is 1.81. The smallest absolute Gasteiger partial charge is 0.238 e. The highest BCUT2D eigenvalue weighted by Gasteiger charge is 2.13. The predicted molar refractivity (Wildman–Crippen MR) is 112 cm³/mol. The minimum Gasteiger partial charge on any atom is -0.355 e. The molecule has 0 atom stereocenters. The van der Waals surface area contributed by atoms with Crippen LogP contribution >= 0.6 is 11.8 Å². The van der Waals surface area contributed by atoms with Gasteiger partial charge in [-0.05, 0) is 44.4 Å². The summed E-state index contributed by atoms with van der Waals surface area (Å²) >= 11 is 1.45. The predicted octanol–water partition coefficient (Wildman–Crippen LogP) is 2.40. The summed E-state index contributed by atoms with van der Waals surface area (Å²) in [7, 11) is -3.68. The largest absolute Gasteiger partial charge is 0.355 e. The first-order chi connectivity index (χ1) is 13.2. The molecule has 0 aliphatic carbocycles. The van der Waals surface area contributed by atoms with Crippen molar-refractivity contribution < 1.29 is 13.2 Å². The van der Waals surface area contributed by atoms with Gasteiger partial charge in [-0.25, -0.2) is 18.5 Å². The van der Waals surface area contributed by atoms with Crippen LogP contribution in [0.15, 0.2) is 34.3 Å². The Bertz CT molecular complexity index is 906. The van der Waals surface area contributed by atoms with Crippen LogP contribution in [0.4, 0.5) is 0 Å². The molecule has 0 unspecified atom stereocenters. The molecule has 0 bridgehead atoms. The number of hydrogen-bond acceptors (Lipinski definition) is 5. The number of unbranched alkanes of at least 4 members (excludes halogenated alkanes) is 1. The maximum atomic E-state index is 12.1. The summed E-state index contributed by atoms with van der Waals surface area (Å²) in [6, 6.07) is 6.36. The lowest BCUT2D eigenvalue weighted by atomic mass is 10.1. The van der Waals surface area contributed by atoms with E-state index in [1.54, 1.807) is 12.1 Å². The van der Waals surface area contributed by atoms with Crippen molar-refractivity contribution in [1.29, 1.82) is 0 Å². The average Bonchev–Trinajstić information content (AvgIpc) is 2.91. The van der Waals surface area contributed by atoms with Gasteiger partial charge in [0.1, 0.15) is 0 Å². The van der Waals surface area contributed by atoms with Gasteiger partial charge in [-0.3, -0.25) is 4.79 Å². The van der Waals surface area contributed by atoms with Crippen LogP contribution in [-0.4, -0.2) is 36.2 Å². The second-order valence-electron chi connectivity index (χ2n) is 6.65. The number of carbonyl (C=O) groups is 1. The fourth-order valence-electron chi connectivity index (χ4n) is 2.69. The SMILES string of the molecule is CCCCn1c(SCC(=O)NCCc2ccc(S(N)(=O)=O)cc2)nc(C)c1C. The van der Waals surface area contributed by atoms with Gasteiger partial charge in [0.2, 0.25) is 15.9 Å². The maximum Gasteiger partial charge on any atom is 0.238 e. The van der Waals surface area contributed by atoms with E-state index < -0.39 is 10.0 Å². The molecule has 9 heteroatoms. The van der Waals surface area contributed by atoms with Crippen molar-refractivity contribution >= 4 is 27.7 Å². The molecule has 0 aliphatic rings. The number of rotatable bonds is 10. The van der Waals surface area contributed by atoms with Crippen molar-refractivity contribution in [2.75, 3.05) is 12.3 Å². The number of imidazole rings is 1. The van der Waals surface area contributed by atoms with E-state index in [0.717, 1.165) is 41.5 Å². The van der Waals surface area contributed by atoms with Crippen molar-refractivity contribution in [2.45, 2.75) is 56.6 Å². The summed E-state index contributed by atoms with van der Waals surface area (Å²) in [5.74, 6) is 0.262. The van der Waals surface area contributed by atoms with Crippen LogP contribution in [0.3, 0.4) is 0 Å². The number of hydrogen-bond donors (Lipinski definition) is 2. The molecule has 154 valence electrons. The van der Waals surface area contributed by atoms with Gasteiger partial charge >= 0.3 is 0 Å². The van der Waals surface area contributed by atoms with E-state index in [4.69, 9.17) is 5.14 Å². The van der Waals surface area contributed by atoms with Gasteiger partial charge in [-0.1, -0.05) is 37.2 Å². The number of aromatic nitrogens is 2. The molecule has 0 spiro atoms. The van der Waals surface area contributed by atoms with Gasteiger partial charge in [-0.2, -0.15) is 0 Å². The van der Waals surface area contributed by atoms with Crippen molar-refractivity contribution in [3.05, 3.63) is 41.2 Å². The number of aryl methyl sites for hydroxylation is 1. The molecule has 0 aliphatic heterocycles. The number of nitrogens with zero attached hydrogens (tertiary/aromatic N) is 2. The van der Waals surface area contributed by atoms with Crippen molar-refractivity contribution in [3.63, 3.8) is 0 Å². The van der Waals surface area contributed by atoms with Crippen LogP contribution in [0.1, 0.15) is 36.7 Å². The first-order valence-electron chi connectivity index (χ1n) is 9.27. The zero-order valence-electron chi connectivity index (χ0n) is 16.6. The highest BCUT2D eigenvalue weighted by Crippen LogP contribution is 2.21. The molecule has 0 saturated heterocycles. The highest BCUT2D eigenvalue weighted by molar-refractivity contribution is 7.99. The molecule has 1 aromatic heterocycles. The van der Waals surface area contributed by atoms with E-state index in [2.05, 4.69) is 28.7 Å². The molecule has 1 aromatic carbocycles. The molecule has 0 fully saturated rings. The van der Waals surface area contributed by atoms with E-state index in [-0.39, 0.29) is 10.8 Å². The van der Waals surface area contributed by atoms with Gasteiger partial charge in [-0.15, -0.1) is 0 Å². The molecule has 7 nitrogen and oxygen atoms in total. The Kier molecular flexibility index (Phi) is 8.09. The fourth-order valence-corrected chi connectivity index (χ4v) is 4.15. The molecule has 2 rings (SSSR count). The molecule has 1 heterocycles. The number of thioether (sulfide) groups is 1. The van der Waals surface area contributed by atoms with E-state index in [0.29, 0.717) is 18.7 Å². The van der Waals surface area contributed by atoms with Crippen molar-refractivity contribution in [3.8, 4) is 0 Å². The molecule has 1 amide bonds. The number of primary sulfonamides is 1. The normalized spacial score (nSPS) is 11.6. The number of nitrogens with one attached hydrogen (secondary N) is 1. The summed E-state index contributed by atoms with van der Waals surface area (Å²) in [6.45, 7) is 7.60. The van der Waals surface area contributed by atoms with Gasteiger partial charge in [0.15, 0.2) is 5.16 Å². The second-order valence-corrected chi connectivity index (χ2v) is 9.15. The number of carbonyl (C=O) groups excluding carboxylic acids is 1. The van der Waals surface area contributed by atoms with Crippen molar-refractivity contribution in [1.82, 2.24) is 14.9 Å². The van der Waals surface area contributed by atoms with Gasteiger partial charge in [0, 0.05) is 18.8 Å². The number of sulfonamides is 1. The van der Waals surface area contributed by atoms with E-state index >= 15 is 0 Å². The molecule has 28 heavy (non-hydrogen) atoms. The molecule has 0 radical (unpaired) electrons. The van der Waals surface area contributed by atoms with Crippen LogP contribution in [-0.2, 0) is 27.8 Å². The molecular formula is C19H28N4O3S2. The van der Waals surface area contributed by atoms with E-state index in [1.165, 1.54) is 23.9 Å². The number of benzene rings is 1. The first-order valence-corrected chi connectivity index (χ1v) is 11.8. The fraction of sp³-hybridized carbons (Fsp3) is 0.474. The minimum absolute atomic E-state index is 0.0495. The maximum absolute atomic E-state index is 12.1. The van der Waals surface area contributed by atoms with Crippen LogP contribution in [0.2, 0.25) is 0 Å². The van der Waals surface area contributed by atoms with Gasteiger partial charge < -0.3 is 9.88 Å². The van der Waals surface area contributed by atoms with Crippen LogP contribution < -0.4 is 10.5 Å². The zero-order chi connectivity index (χ0) is 20.7. The Morgan fingerprint density at radius 2 is 1.93 bits per heavy atom. The minimum atomic E-state index is -3.68. The molecule has 2 aromatic rings. The third-order valence-electron chi connectivity index (χ3n) is 4.48. The summed E-state index contributed by atoms with van der Waals surface area (Å²) < 4.78 is 24.7. The third-order valence-corrected chi connectivity index (χ3v) is 6.38. The van der Waals surface area contributed by atoms with E-state index in [9.17, 15) is 13.2 Å². The van der Waals surface area contributed by atoms with Gasteiger partial charge in [0.25, 0.3) is 0 Å². The van der Waals surface area contributed by atoms with Gasteiger partial charge in [0.05, 0.1) is 16.3 Å². The molecule has 0 saturated carbocycles. The second kappa shape index (κ2) is 10.1. The van der Waals surface area contributed by atoms with Crippen LogP contribution in [0.5, 0.6) is 0 Å². The van der Waals surface area contributed by atoms with Crippen LogP contribution in [0.25, 0.3) is 0 Å². The van der Waals surface area contributed by atoms with E-state index in [1.807, 2.05) is 6.92 Å². The zero-order valence-corrected chi connectivity index (χ0v) is 18.2. The summed E-state index contributed by atoms with van der Waals surface area (Å²) in [4.78, 5) is 16.8. The number of amides is 1. The van der Waals surface area contributed by atoms with Crippen molar-refractivity contribution in [2.24, 2.45) is 5.14 Å². The average molecular weight is 425 g/mol. The third kappa shape index (κ3) is 6.35. The Morgan fingerprint density at radius 3 is 2.54 bits per heavy atom. The summed E-state index contributed by atoms with van der Waals surface area (Å²) in [6.07, 6.45) is 2.81. The summed E-state index contributed by atoms with van der Waals surface area (Å²) in [5.41, 5.74) is 3.09. The lowest BCUT2D eigenvalue weighted by Gasteiger charge is -2.09. The highest BCUT2D eigenvalue weighted by atomic mass is 32.2. The Morgan fingerprint density at radius 1 is 1.25 bits per heavy atom. The molecule has 3 N–H and O–H groups in total. The topological polar surface area (TPSA) is 107 Å². The lowest BCUT2D eigenvalue weighted by molar-refractivity contribution is -0.118. The Labute approximate surface area is 171 Å². The van der Waals surface area contributed by atoms with Crippen LogP contribution in [0, 0.1) is 13.8 Å². The lowest BCUT2D eigenvalue weighted by Crippen LogP contribution is -2.27. The molecular weight excluding hydrogens is 396 g/mol. The number of nitrogens with two attached hydrogens (primary N) is 1. The summed E-state index contributed by atoms with van der Waals surface area (Å²) in [5, 5.41) is 8.86. The standard InChI is InChI=1S/C19H28N4O3S2/c1-4-5-12-23-15(3)14(2)22-19(23)27-13-18(24)21-11-10-16-6-8-17(9-7-16)28(20,25)26/h6-9H,4-5,10-13H2,1-3H3,(H,21,24)(H2,20,25,26). The Hall–Kier alpha value is -1.84.